The van der Waals surface area contributed by atoms with Gasteiger partial charge in [-0.2, -0.15) is 10.2 Å². The van der Waals surface area contributed by atoms with E-state index in [1.54, 1.807) is 46.8 Å². The van der Waals surface area contributed by atoms with Crippen LogP contribution in [0.25, 0.3) is 5.69 Å². The molecule has 13 heteroatoms. The van der Waals surface area contributed by atoms with Crippen LogP contribution >= 0.6 is 0 Å². The highest BCUT2D eigenvalue weighted by molar-refractivity contribution is 5.98. The maximum atomic E-state index is 15.4. The van der Waals surface area contributed by atoms with Gasteiger partial charge in [-0.1, -0.05) is 19.1 Å². The molecule has 0 aliphatic rings. The van der Waals surface area contributed by atoms with Crippen LogP contribution in [0.1, 0.15) is 61.8 Å². The number of nitrogens with one attached hydrogen (secondary N) is 2. The van der Waals surface area contributed by atoms with Crippen molar-refractivity contribution in [2.24, 2.45) is 11.7 Å². The standard InChI is InChI=1S/C29H32F2N8O3/c1-16(11-24(40)42-29(3,4)5)25(18-7-6-8-19(30)12-18)37-28-22(31)14-21(26(32)41)27(38-28)36-20-13-23(17(2)33-15-20)39-34-9-10-35-39/h6-10,12-16,25H,11H2,1-5H3,(H2,32,41)(H2,36,37,38)/t16-,25+/m1/s1. The van der Waals surface area contributed by atoms with Crippen LogP contribution in [0.5, 0.6) is 0 Å². The fourth-order valence-corrected chi connectivity index (χ4v) is 4.31. The number of carbonyl (C=O) groups is 2. The number of rotatable bonds is 10. The van der Waals surface area contributed by atoms with Gasteiger partial charge >= 0.3 is 5.97 Å². The Labute approximate surface area is 241 Å². The fraction of sp³-hybridized carbons (Fsp3) is 0.310. The minimum Gasteiger partial charge on any atom is -0.460 e. The van der Waals surface area contributed by atoms with Crippen LogP contribution < -0.4 is 16.4 Å². The second-order valence-corrected chi connectivity index (χ2v) is 10.8. The number of halogens is 2. The van der Waals surface area contributed by atoms with Crippen molar-refractivity contribution in [3.63, 3.8) is 0 Å². The van der Waals surface area contributed by atoms with Gasteiger partial charge in [-0.15, -0.1) is 4.80 Å². The highest BCUT2D eigenvalue weighted by atomic mass is 19.1. The summed E-state index contributed by atoms with van der Waals surface area (Å²) in [6.07, 6.45) is 4.49. The van der Waals surface area contributed by atoms with Crippen LogP contribution in [0.2, 0.25) is 0 Å². The molecule has 0 saturated heterocycles. The van der Waals surface area contributed by atoms with Crippen LogP contribution in [0, 0.1) is 24.5 Å². The van der Waals surface area contributed by atoms with Crippen molar-refractivity contribution in [1.29, 1.82) is 0 Å². The third-order valence-electron chi connectivity index (χ3n) is 6.18. The second-order valence-electron chi connectivity index (χ2n) is 10.8. The lowest BCUT2D eigenvalue weighted by Crippen LogP contribution is -2.28. The van der Waals surface area contributed by atoms with E-state index in [1.165, 1.54) is 41.6 Å². The molecular weight excluding hydrogens is 546 g/mol. The van der Waals surface area contributed by atoms with Crippen molar-refractivity contribution in [2.75, 3.05) is 10.6 Å². The smallest absolute Gasteiger partial charge is 0.306 e. The number of aryl methyl sites for hydroxylation is 1. The molecule has 0 spiro atoms. The molecule has 0 fully saturated rings. The van der Waals surface area contributed by atoms with Gasteiger partial charge in [-0.3, -0.25) is 14.6 Å². The van der Waals surface area contributed by atoms with Crippen molar-refractivity contribution in [3.8, 4) is 5.69 Å². The maximum absolute atomic E-state index is 15.4. The Kier molecular flexibility index (Phi) is 8.79. The Balaban J connectivity index is 1.70. The topological polar surface area (TPSA) is 150 Å². The molecule has 220 valence electrons. The lowest BCUT2D eigenvalue weighted by atomic mass is 9.91. The molecule has 0 aliphatic heterocycles. The van der Waals surface area contributed by atoms with E-state index < -0.39 is 41.1 Å². The molecule has 1 aromatic carbocycles. The van der Waals surface area contributed by atoms with E-state index in [0.29, 0.717) is 22.6 Å². The number of hydrogen-bond donors (Lipinski definition) is 3. The van der Waals surface area contributed by atoms with Crippen molar-refractivity contribution in [1.82, 2.24) is 25.0 Å². The predicted octanol–water partition coefficient (Wildman–Crippen LogP) is 5.01. The molecule has 3 heterocycles. The van der Waals surface area contributed by atoms with Gasteiger partial charge in [0.05, 0.1) is 48.0 Å². The molecule has 42 heavy (non-hydrogen) atoms. The van der Waals surface area contributed by atoms with Gasteiger partial charge in [-0.25, -0.2) is 13.8 Å². The summed E-state index contributed by atoms with van der Waals surface area (Å²) in [6.45, 7) is 8.79. The molecule has 0 aliphatic carbocycles. The fourth-order valence-electron chi connectivity index (χ4n) is 4.31. The van der Waals surface area contributed by atoms with E-state index in [-0.39, 0.29) is 23.6 Å². The molecule has 2 atom stereocenters. The molecule has 0 saturated carbocycles. The van der Waals surface area contributed by atoms with Crippen molar-refractivity contribution in [2.45, 2.75) is 52.7 Å². The van der Waals surface area contributed by atoms with E-state index in [9.17, 15) is 14.0 Å². The van der Waals surface area contributed by atoms with Gasteiger partial charge in [0.2, 0.25) is 0 Å². The monoisotopic (exact) mass is 578 g/mol. The van der Waals surface area contributed by atoms with E-state index in [4.69, 9.17) is 10.5 Å². The largest absolute Gasteiger partial charge is 0.460 e. The Hall–Kier alpha value is -4.94. The normalized spacial score (nSPS) is 12.8. The number of aromatic nitrogens is 5. The number of nitrogens with two attached hydrogens (primary N) is 1. The van der Waals surface area contributed by atoms with Crippen LogP contribution in [0.15, 0.2) is 55.0 Å². The highest BCUT2D eigenvalue weighted by Gasteiger charge is 2.27. The van der Waals surface area contributed by atoms with E-state index in [1.807, 2.05) is 0 Å². The van der Waals surface area contributed by atoms with Gasteiger partial charge in [0, 0.05) is 0 Å². The summed E-state index contributed by atoms with van der Waals surface area (Å²) in [5.74, 6) is -3.53. The molecule has 11 nitrogen and oxygen atoms in total. The first kappa shape index (κ1) is 30.0. The predicted molar refractivity (Wildman–Crippen MR) is 152 cm³/mol. The zero-order valence-corrected chi connectivity index (χ0v) is 23.9. The minimum absolute atomic E-state index is 0.0448. The number of nitrogens with zero attached hydrogens (tertiary/aromatic N) is 5. The Morgan fingerprint density at radius 2 is 1.81 bits per heavy atom. The molecule has 0 bridgehead atoms. The minimum atomic E-state index is -0.913. The van der Waals surface area contributed by atoms with Gasteiger partial charge < -0.3 is 21.1 Å². The summed E-state index contributed by atoms with van der Waals surface area (Å²) in [7, 11) is 0. The average molecular weight is 579 g/mol. The number of pyridine rings is 2. The Morgan fingerprint density at radius 1 is 1.10 bits per heavy atom. The third kappa shape index (κ3) is 7.42. The van der Waals surface area contributed by atoms with E-state index in [0.717, 1.165) is 6.07 Å². The van der Waals surface area contributed by atoms with E-state index >= 15 is 4.39 Å². The third-order valence-corrected chi connectivity index (χ3v) is 6.18. The summed E-state index contributed by atoms with van der Waals surface area (Å²) >= 11 is 0. The van der Waals surface area contributed by atoms with Gasteiger partial charge in [-0.05, 0) is 63.4 Å². The first-order valence-electron chi connectivity index (χ1n) is 13.2. The lowest BCUT2D eigenvalue weighted by molar-refractivity contribution is -0.155. The Morgan fingerprint density at radius 3 is 2.45 bits per heavy atom. The Bertz CT molecular complexity index is 1590. The summed E-state index contributed by atoms with van der Waals surface area (Å²) in [5.41, 5.74) is 6.70. The summed E-state index contributed by atoms with van der Waals surface area (Å²) < 4.78 is 35.1. The molecule has 4 aromatic rings. The number of esters is 1. The molecule has 0 radical (unpaired) electrons. The SMILES string of the molecule is Cc1ncc(Nc2nc(N[C@H](c3cccc(F)c3)[C@H](C)CC(=O)OC(C)(C)C)c(F)cc2C(N)=O)cc1-n1nccn1. The average Bonchev–Trinajstić information content (AvgIpc) is 3.43. The van der Waals surface area contributed by atoms with Gasteiger partial charge in [0.15, 0.2) is 11.6 Å². The first-order valence-corrected chi connectivity index (χ1v) is 13.2. The zero-order chi connectivity index (χ0) is 30.6. The van der Waals surface area contributed by atoms with Gasteiger partial charge in [0.25, 0.3) is 5.91 Å². The molecule has 4 N–H and O–H groups in total. The number of primary amides is 1. The number of carbonyl (C=O) groups excluding carboxylic acids is 2. The van der Waals surface area contributed by atoms with E-state index in [2.05, 4.69) is 30.8 Å². The van der Waals surface area contributed by atoms with Gasteiger partial charge in [0.1, 0.15) is 22.9 Å². The molecule has 4 rings (SSSR count). The number of hydrogen-bond acceptors (Lipinski definition) is 9. The van der Waals surface area contributed by atoms with Crippen LogP contribution in [-0.4, -0.2) is 42.4 Å². The van der Waals surface area contributed by atoms with Crippen molar-refractivity contribution in [3.05, 3.63) is 83.4 Å². The molecule has 1 amide bonds. The molecular formula is C29H32F2N8O3. The quantitative estimate of drug-likeness (QED) is 0.221. The first-order chi connectivity index (χ1) is 19.8. The molecule has 0 unspecified atom stereocenters. The highest BCUT2D eigenvalue weighted by Crippen LogP contribution is 2.32. The lowest BCUT2D eigenvalue weighted by Gasteiger charge is -2.28. The van der Waals surface area contributed by atoms with Crippen LogP contribution in [0.4, 0.5) is 26.1 Å². The number of ether oxygens (including phenoxy) is 1. The second kappa shape index (κ2) is 12.3. The number of amides is 1. The summed E-state index contributed by atoms with van der Waals surface area (Å²) in [4.78, 5) is 34.9. The summed E-state index contributed by atoms with van der Waals surface area (Å²) in [5, 5.41) is 14.2. The number of benzene rings is 1. The van der Waals surface area contributed by atoms with Crippen molar-refractivity contribution < 1.29 is 23.1 Å². The van der Waals surface area contributed by atoms with Crippen LogP contribution in [0.3, 0.4) is 0 Å². The van der Waals surface area contributed by atoms with Crippen molar-refractivity contribution >= 4 is 29.2 Å². The maximum Gasteiger partial charge on any atom is 0.306 e. The molecule has 3 aromatic heterocycles. The summed E-state index contributed by atoms with van der Waals surface area (Å²) in [6, 6.07) is 7.63. The number of anilines is 3. The zero-order valence-electron chi connectivity index (χ0n) is 23.9. The van der Waals surface area contributed by atoms with Crippen LogP contribution in [-0.2, 0) is 9.53 Å².